The molecule has 2 rings (SSSR count). The minimum atomic E-state index is -0.360. The zero-order valence-electron chi connectivity index (χ0n) is 41.0. The van der Waals surface area contributed by atoms with E-state index < -0.39 is 0 Å². The number of aryl methyl sites for hydroxylation is 2. The third-order valence-electron chi connectivity index (χ3n) is 12.7. The second kappa shape index (κ2) is 39.6. The zero-order valence-corrected chi connectivity index (χ0v) is 41.0. The topological polar surface area (TPSA) is 76.7 Å². The van der Waals surface area contributed by atoms with Gasteiger partial charge >= 0.3 is 12.2 Å². The van der Waals surface area contributed by atoms with Crippen LogP contribution in [0.15, 0.2) is 36.4 Å². The van der Waals surface area contributed by atoms with Crippen LogP contribution >= 0.6 is 0 Å². The lowest BCUT2D eigenvalue weighted by molar-refractivity contribution is 0.198. The minimum absolute atomic E-state index is 0.360. The van der Waals surface area contributed by atoms with E-state index in [1.807, 2.05) is 12.1 Å². The van der Waals surface area contributed by atoms with E-state index in [0.29, 0.717) is 13.1 Å². The summed E-state index contributed by atoms with van der Waals surface area (Å²) in [6.07, 6.45) is 43.0. The predicted octanol–water partition coefficient (Wildman–Crippen LogP) is 17.3. The fourth-order valence-corrected chi connectivity index (χ4v) is 8.77. The normalized spacial score (nSPS) is 11.2. The number of rotatable bonds is 41. The Kier molecular flexibility index (Phi) is 35.2. The maximum Gasteiger partial charge on any atom is 0.412 e. The highest BCUT2D eigenvalue weighted by Gasteiger charge is 2.15. The molecule has 0 aromatic heterocycles. The highest BCUT2D eigenvalue weighted by Crippen LogP contribution is 2.29. The van der Waals surface area contributed by atoms with E-state index >= 15 is 0 Å². The van der Waals surface area contributed by atoms with Gasteiger partial charge in [0.05, 0.1) is 0 Å². The van der Waals surface area contributed by atoms with Crippen LogP contribution in [0.1, 0.15) is 255 Å². The van der Waals surface area contributed by atoms with Gasteiger partial charge in [-0.05, 0) is 98.6 Å². The molecule has 0 aliphatic carbocycles. The lowest BCUT2D eigenvalue weighted by atomic mass is 9.95. The van der Waals surface area contributed by atoms with Crippen molar-refractivity contribution in [1.82, 2.24) is 10.6 Å². The maximum atomic E-state index is 13.0. The van der Waals surface area contributed by atoms with Gasteiger partial charge in [0, 0.05) is 13.1 Å². The molecule has 2 aromatic rings. The highest BCUT2D eigenvalue weighted by molar-refractivity contribution is 5.71. The van der Waals surface area contributed by atoms with Crippen LogP contribution in [0.2, 0.25) is 0 Å². The Morgan fingerprint density at radius 2 is 0.629 bits per heavy atom. The molecule has 354 valence electrons. The summed E-state index contributed by atoms with van der Waals surface area (Å²) >= 11 is 0. The van der Waals surface area contributed by atoms with Gasteiger partial charge in [-0.3, -0.25) is 0 Å². The summed E-state index contributed by atoms with van der Waals surface area (Å²) < 4.78 is 12.0. The molecule has 6 nitrogen and oxygen atoms in total. The number of benzene rings is 2. The maximum absolute atomic E-state index is 13.0. The summed E-state index contributed by atoms with van der Waals surface area (Å²) in [4.78, 5) is 26.0. The number of unbranched alkanes of at least 4 members (excludes halogenated alkanes) is 27. The van der Waals surface area contributed by atoms with Gasteiger partial charge in [-0.2, -0.15) is 0 Å². The summed E-state index contributed by atoms with van der Waals surface area (Å²) in [6.45, 7) is 10.2. The Balaban J connectivity index is 1.78. The van der Waals surface area contributed by atoms with E-state index in [1.54, 1.807) is 0 Å². The summed E-state index contributed by atoms with van der Waals surface area (Å²) in [5.41, 5.74) is 5.16. The van der Waals surface area contributed by atoms with Gasteiger partial charge in [-0.1, -0.05) is 219 Å². The van der Waals surface area contributed by atoms with Gasteiger partial charge < -0.3 is 20.1 Å². The molecular formula is C56H96N2O4. The Morgan fingerprint density at radius 3 is 0.952 bits per heavy atom. The third-order valence-corrected chi connectivity index (χ3v) is 12.7. The third kappa shape index (κ3) is 27.9. The molecule has 0 unspecified atom stereocenters. The molecule has 0 aliphatic rings. The first-order chi connectivity index (χ1) is 30.5. The summed E-state index contributed by atoms with van der Waals surface area (Å²) in [7, 11) is 0. The molecule has 0 spiro atoms. The molecule has 0 heterocycles. The van der Waals surface area contributed by atoms with Gasteiger partial charge in [0.1, 0.15) is 11.5 Å². The first kappa shape index (κ1) is 55.1. The van der Waals surface area contributed by atoms with Crippen molar-refractivity contribution in [3.63, 3.8) is 0 Å². The fraction of sp³-hybridized carbons (Fsp3) is 0.750. The zero-order chi connectivity index (χ0) is 44.6. The van der Waals surface area contributed by atoms with Crippen molar-refractivity contribution in [1.29, 1.82) is 0 Å². The number of hydrogen-bond donors (Lipinski definition) is 2. The Labute approximate surface area is 382 Å². The molecular weight excluding hydrogens is 765 g/mol. The first-order valence-electron chi connectivity index (χ1n) is 26.7. The van der Waals surface area contributed by atoms with E-state index in [4.69, 9.17) is 9.47 Å². The molecule has 62 heavy (non-hydrogen) atoms. The summed E-state index contributed by atoms with van der Waals surface area (Å²) in [5.74, 6) is 1.47. The molecule has 6 heteroatoms. The van der Waals surface area contributed by atoms with E-state index in [1.165, 1.54) is 189 Å². The standard InChI is InChI=1S/C56H96N2O4/c1-5-9-13-17-21-25-31-39-49-41-37-45-53(51(49)43-33-27-23-19-15-11-7-3)61-55(59)57-47-35-29-30-36-48-58-56(60)62-54-46-38-42-50(40-32-26-22-18-14-10-6-2)52(54)44-34-28-24-20-16-12-8-4/h37-38,41-42,45-46H,5-36,39-40,43-44,47-48H2,1-4H3,(H,57,59)(H,58,60). The Bertz CT molecular complexity index is 1270. The first-order valence-corrected chi connectivity index (χ1v) is 26.7. The van der Waals surface area contributed by atoms with Gasteiger partial charge in [0.25, 0.3) is 0 Å². The van der Waals surface area contributed by atoms with Crippen LogP contribution in [0.3, 0.4) is 0 Å². The van der Waals surface area contributed by atoms with Crippen LogP contribution in [0.5, 0.6) is 11.5 Å². The molecule has 2 N–H and O–H groups in total. The lowest BCUT2D eigenvalue weighted by Gasteiger charge is -2.16. The number of carbonyl (C=O) groups excluding carboxylic acids is 2. The Hall–Kier alpha value is -3.02. The quantitative estimate of drug-likeness (QED) is 0.0653. The van der Waals surface area contributed by atoms with Gasteiger partial charge in [0.2, 0.25) is 0 Å². The summed E-state index contributed by atoms with van der Waals surface area (Å²) in [5, 5.41) is 6.00. The number of ether oxygens (including phenoxy) is 2. The minimum Gasteiger partial charge on any atom is -0.410 e. The molecule has 0 saturated carbocycles. The van der Waals surface area contributed by atoms with Crippen LogP contribution in [0.4, 0.5) is 9.59 Å². The van der Waals surface area contributed by atoms with Crippen molar-refractivity contribution in [2.75, 3.05) is 13.1 Å². The molecule has 0 atom stereocenters. The monoisotopic (exact) mass is 861 g/mol. The lowest BCUT2D eigenvalue weighted by Crippen LogP contribution is -2.28. The molecule has 0 aliphatic heterocycles. The Morgan fingerprint density at radius 1 is 0.355 bits per heavy atom. The van der Waals surface area contributed by atoms with Crippen LogP contribution in [0, 0.1) is 0 Å². The fourth-order valence-electron chi connectivity index (χ4n) is 8.77. The number of carbonyl (C=O) groups is 2. The van der Waals surface area contributed by atoms with Crippen molar-refractivity contribution in [3.05, 3.63) is 58.7 Å². The molecule has 0 radical (unpaired) electrons. The SMILES string of the molecule is CCCCCCCCCc1cccc(OC(=O)NCCCCCCNC(=O)Oc2cccc(CCCCCCCCC)c2CCCCCCCCC)c1CCCCCCCCC. The predicted molar refractivity (Wildman–Crippen MR) is 266 cm³/mol. The van der Waals surface area contributed by atoms with Crippen molar-refractivity contribution in [2.24, 2.45) is 0 Å². The average Bonchev–Trinajstić information content (AvgIpc) is 3.27. The van der Waals surface area contributed by atoms with E-state index in [0.717, 1.165) is 75.7 Å². The average molecular weight is 861 g/mol. The van der Waals surface area contributed by atoms with Crippen molar-refractivity contribution in [2.45, 2.75) is 259 Å². The van der Waals surface area contributed by atoms with Crippen LogP contribution in [0.25, 0.3) is 0 Å². The van der Waals surface area contributed by atoms with Crippen molar-refractivity contribution < 1.29 is 19.1 Å². The van der Waals surface area contributed by atoms with E-state index in [9.17, 15) is 9.59 Å². The summed E-state index contributed by atoms with van der Waals surface area (Å²) in [6, 6.07) is 12.6. The molecule has 0 saturated heterocycles. The van der Waals surface area contributed by atoms with Crippen LogP contribution < -0.4 is 20.1 Å². The number of amides is 2. The second-order valence-corrected chi connectivity index (χ2v) is 18.3. The largest absolute Gasteiger partial charge is 0.412 e. The molecule has 2 aromatic carbocycles. The molecule has 0 fully saturated rings. The van der Waals surface area contributed by atoms with Crippen LogP contribution in [-0.2, 0) is 25.7 Å². The van der Waals surface area contributed by atoms with Gasteiger partial charge in [0.15, 0.2) is 0 Å². The van der Waals surface area contributed by atoms with Gasteiger partial charge in [-0.25, -0.2) is 9.59 Å². The smallest absolute Gasteiger partial charge is 0.410 e. The van der Waals surface area contributed by atoms with Gasteiger partial charge in [-0.15, -0.1) is 0 Å². The molecule has 0 bridgehead atoms. The van der Waals surface area contributed by atoms with Crippen molar-refractivity contribution in [3.8, 4) is 11.5 Å². The second-order valence-electron chi connectivity index (χ2n) is 18.3. The van der Waals surface area contributed by atoms with E-state index in [-0.39, 0.29) is 12.2 Å². The number of hydrogen-bond acceptors (Lipinski definition) is 4. The molecule has 2 amide bonds. The van der Waals surface area contributed by atoms with Crippen LogP contribution in [-0.4, -0.2) is 25.3 Å². The van der Waals surface area contributed by atoms with Crippen molar-refractivity contribution >= 4 is 12.2 Å². The highest BCUT2D eigenvalue weighted by atomic mass is 16.6. The number of nitrogens with one attached hydrogen (secondary N) is 2. The van der Waals surface area contributed by atoms with E-state index in [2.05, 4.69) is 62.6 Å².